The van der Waals surface area contributed by atoms with E-state index in [1.807, 2.05) is 11.9 Å². The van der Waals surface area contributed by atoms with Gasteiger partial charge in [-0.1, -0.05) is 6.07 Å². The predicted octanol–water partition coefficient (Wildman–Crippen LogP) is 1.19. The third kappa shape index (κ3) is 6.10. The van der Waals surface area contributed by atoms with Crippen LogP contribution in [0, 0.1) is 0 Å². The van der Waals surface area contributed by atoms with E-state index in [9.17, 15) is 21.9 Å². The van der Waals surface area contributed by atoms with Gasteiger partial charge in [0.05, 0.1) is 35.1 Å². The molecule has 12 nitrogen and oxygen atoms in total. The number of rotatable bonds is 10. The molecule has 2 unspecified atom stereocenters. The summed E-state index contributed by atoms with van der Waals surface area (Å²) < 4.78 is 70.7. The smallest absolute Gasteiger partial charge is 0.244 e. The molecule has 3 fully saturated rings. The zero-order valence-electron chi connectivity index (χ0n) is 23.6. The number of piperidine rings is 1. The molecule has 4 aliphatic rings. The summed E-state index contributed by atoms with van der Waals surface area (Å²) in [5.41, 5.74) is 0.271. The van der Waals surface area contributed by atoms with Crippen LogP contribution in [-0.4, -0.2) is 107 Å². The second-order valence-electron chi connectivity index (χ2n) is 11.7. The fraction of sp³-hybridized carbons (Fsp3) is 0.607. The van der Waals surface area contributed by atoms with Crippen LogP contribution in [0.1, 0.15) is 32.1 Å². The molecule has 2 N–H and O–H groups in total. The van der Waals surface area contributed by atoms with Crippen LogP contribution in [-0.2, 0) is 24.6 Å². The summed E-state index contributed by atoms with van der Waals surface area (Å²) in [5.74, 6) is 0.857. The van der Waals surface area contributed by atoms with Crippen LogP contribution >= 0.6 is 0 Å². The van der Waals surface area contributed by atoms with Gasteiger partial charge >= 0.3 is 0 Å². The van der Waals surface area contributed by atoms with Crippen molar-refractivity contribution in [1.82, 2.24) is 14.6 Å². The Balaban J connectivity index is 0.968. The van der Waals surface area contributed by atoms with Crippen LogP contribution in [0.2, 0.25) is 0 Å². The molecule has 42 heavy (non-hydrogen) atoms. The van der Waals surface area contributed by atoms with Gasteiger partial charge in [0.1, 0.15) is 35.7 Å². The normalized spacial score (nSPS) is 23.4. The molecule has 2 saturated heterocycles. The van der Waals surface area contributed by atoms with E-state index in [0.29, 0.717) is 75.8 Å². The topological polar surface area (TPSA) is 148 Å². The molecule has 0 bridgehead atoms. The lowest BCUT2D eigenvalue weighted by atomic mass is 9.88. The Morgan fingerprint density at radius 2 is 1.93 bits per heavy atom. The maximum atomic E-state index is 13.4. The molecule has 1 saturated carbocycles. The summed E-state index contributed by atoms with van der Waals surface area (Å²) in [6.45, 7) is 2.67. The van der Waals surface area contributed by atoms with Crippen molar-refractivity contribution in [2.75, 3.05) is 57.9 Å². The SMILES string of the molecule is CN1CCOc2ncc(S(=O)(=O)N3CCC4(CC3)CC(NCC(O)COc3cccc(S(=O)(=O)C5CC5)c3)CO4)cc21. The zero-order chi connectivity index (χ0) is 29.5. The number of aromatic nitrogens is 1. The lowest BCUT2D eigenvalue weighted by molar-refractivity contribution is -0.0312. The van der Waals surface area contributed by atoms with E-state index in [4.69, 9.17) is 14.2 Å². The summed E-state index contributed by atoms with van der Waals surface area (Å²) >= 11 is 0. The number of nitrogens with zero attached hydrogens (tertiary/aromatic N) is 3. The van der Waals surface area contributed by atoms with Crippen molar-refractivity contribution < 1.29 is 36.2 Å². The number of nitrogens with one attached hydrogen (secondary N) is 1. The van der Waals surface area contributed by atoms with E-state index < -0.39 is 31.6 Å². The number of hydrogen-bond donors (Lipinski definition) is 2. The van der Waals surface area contributed by atoms with Gasteiger partial charge in [0.25, 0.3) is 0 Å². The van der Waals surface area contributed by atoms with Gasteiger partial charge in [0, 0.05) is 32.7 Å². The molecule has 2 aromatic rings. The van der Waals surface area contributed by atoms with E-state index >= 15 is 0 Å². The molecule has 1 spiro atoms. The van der Waals surface area contributed by atoms with Crippen LogP contribution in [0.25, 0.3) is 0 Å². The molecule has 1 aromatic heterocycles. The van der Waals surface area contributed by atoms with Crippen molar-refractivity contribution in [3.63, 3.8) is 0 Å². The van der Waals surface area contributed by atoms with Crippen molar-refractivity contribution >= 4 is 25.5 Å². The molecule has 2 atom stereocenters. The first-order chi connectivity index (χ1) is 20.1. The highest BCUT2D eigenvalue weighted by Crippen LogP contribution is 2.38. The van der Waals surface area contributed by atoms with Crippen molar-refractivity contribution in [2.45, 2.75) is 64.9 Å². The molecular weight excluding hydrogens is 584 g/mol. The number of likely N-dealkylation sites (N-methyl/N-ethyl adjacent to an activating group) is 1. The van der Waals surface area contributed by atoms with Gasteiger partial charge in [0.15, 0.2) is 9.84 Å². The molecular formula is C28H38N4O8S2. The summed E-state index contributed by atoms with van der Waals surface area (Å²) in [6, 6.07) is 8.09. The molecule has 230 valence electrons. The number of aliphatic hydroxyl groups is 1. The van der Waals surface area contributed by atoms with Crippen LogP contribution < -0.4 is 19.7 Å². The van der Waals surface area contributed by atoms with E-state index in [-0.39, 0.29) is 34.2 Å². The fourth-order valence-corrected chi connectivity index (χ4v) is 8.92. The molecule has 1 aliphatic carbocycles. The summed E-state index contributed by atoms with van der Waals surface area (Å²) in [4.78, 5) is 6.60. The Morgan fingerprint density at radius 3 is 2.69 bits per heavy atom. The van der Waals surface area contributed by atoms with Gasteiger partial charge in [-0.3, -0.25) is 0 Å². The molecule has 0 amide bonds. The van der Waals surface area contributed by atoms with Gasteiger partial charge < -0.3 is 29.5 Å². The number of anilines is 1. The number of sulfonamides is 1. The molecule has 14 heteroatoms. The fourth-order valence-electron chi connectivity index (χ4n) is 5.82. The lowest BCUT2D eigenvalue weighted by Crippen LogP contribution is -2.47. The van der Waals surface area contributed by atoms with Crippen molar-refractivity contribution in [2.24, 2.45) is 0 Å². The van der Waals surface area contributed by atoms with Crippen LogP contribution in [0.4, 0.5) is 5.69 Å². The summed E-state index contributed by atoms with van der Waals surface area (Å²) in [7, 11) is -5.12. The van der Waals surface area contributed by atoms with E-state index in [1.165, 1.54) is 16.6 Å². The second kappa shape index (κ2) is 11.5. The Morgan fingerprint density at radius 1 is 1.14 bits per heavy atom. The first-order valence-corrected chi connectivity index (χ1v) is 17.4. The third-order valence-corrected chi connectivity index (χ3v) is 12.7. The lowest BCUT2D eigenvalue weighted by Gasteiger charge is -2.38. The summed E-state index contributed by atoms with van der Waals surface area (Å²) in [6.07, 6.45) is 3.84. The number of pyridine rings is 1. The van der Waals surface area contributed by atoms with Crippen LogP contribution in [0.5, 0.6) is 11.6 Å². The Kier molecular flexibility index (Phi) is 8.13. The van der Waals surface area contributed by atoms with Gasteiger partial charge in [-0.05, 0) is 56.4 Å². The number of ether oxygens (including phenoxy) is 3. The highest BCUT2D eigenvalue weighted by atomic mass is 32.2. The van der Waals surface area contributed by atoms with Crippen LogP contribution in [0.15, 0.2) is 46.3 Å². The Labute approximate surface area is 246 Å². The van der Waals surface area contributed by atoms with Gasteiger partial charge in [0.2, 0.25) is 15.9 Å². The standard InChI is InChI=1S/C28H38N4O8S2/c1-31-11-12-38-27-26(31)14-25(17-30-27)42(36,37)32-9-7-28(8-10-32)15-20(18-40-28)29-16-21(33)19-39-22-3-2-4-24(13-22)41(34,35)23-5-6-23/h2-4,13-14,17,20-21,23,29,33H,5-12,15-16,18-19H2,1H3. The van der Waals surface area contributed by atoms with Gasteiger partial charge in [-0.15, -0.1) is 0 Å². The average Bonchev–Trinajstić information content (AvgIpc) is 3.78. The molecule has 4 heterocycles. The average molecular weight is 623 g/mol. The zero-order valence-corrected chi connectivity index (χ0v) is 25.3. The molecule has 3 aliphatic heterocycles. The number of fused-ring (bicyclic) bond motifs is 1. The predicted molar refractivity (Wildman–Crippen MR) is 154 cm³/mol. The quantitative estimate of drug-likeness (QED) is 0.394. The second-order valence-corrected chi connectivity index (χ2v) is 15.8. The van der Waals surface area contributed by atoms with E-state index in [1.54, 1.807) is 24.3 Å². The third-order valence-electron chi connectivity index (χ3n) is 8.55. The molecule has 1 aromatic carbocycles. The van der Waals surface area contributed by atoms with Crippen LogP contribution in [0.3, 0.4) is 0 Å². The monoisotopic (exact) mass is 622 g/mol. The number of sulfone groups is 1. The maximum absolute atomic E-state index is 13.4. The first-order valence-electron chi connectivity index (χ1n) is 14.4. The minimum Gasteiger partial charge on any atom is -0.491 e. The summed E-state index contributed by atoms with van der Waals surface area (Å²) in [5, 5.41) is 13.5. The van der Waals surface area contributed by atoms with Crippen molar-refractivity contribution in [3.8, 4) is 11.6 Å². The Hall–Kier alpha value is -2.49. The van der Waals surface area contributed by atoms with E-state index in [2.05, 4.69) is 10.3 Å². The number of aliphatic hydroxyl groups excluding tert-OH is 1. The maximum Gasteiger partial charge on any atom is 0.244 e. The Bertz CT molecular complexity index is 1510. The van der Waals surface area contributed by atoms with Gasteiger partial charge in [-0.2, -0.15) is 4.31 Å². The molecule has 0 radical (unpaired) electrons. The number of benzene rings is 1. The van der Waals surface area contributed by atoms with Gasteiger partial charge in [-0.25, -0.2) is 21.8 Å². The number of hydrogen-bond acceptors (Lipinski definition) is 11. The minimum absolute atomic E-state index is 0.0188. The minimum atomic E-state index is -3.70. The highest BCUT2D eigenvalue weighted by Gasteiger charge is 2.45. The molecule has 6 rings (SSSR count). The van der Waals surface area contributed by atoms with Crippen molar-refractivity contribution in [1.29, 1.82) is 0 Å². The first kappa shape index (κ1) is 29.6. The van der Waals surface area contributed by atoms with E-state index in [0.717, 1.165) is 6.42 Å². The van der Waals surface area contributed by atoms with Crippen molar-refractivity contribution in [3.05, 3.63) is 36.5 Å². The highest BCUT2D eigenvalue weighted by molar-refractivity contribution is 7.92. The largest absolute Gasteiger partial charge is 0.491 e.